The second-order valence-electron chi connectivity index (χ2n) is 5.83. The van der Waals surface area contributed by atoms with Gasteiger partial charge in [-0.05, 0) is 42.5 Å². The zero-order valence-corrected chi connectivity index (χ0v) is 15.6. The molecule has 0 saturated carbocycles. The first-order chi connectivity index (χ1) is 13.8. The van der Waals surface area contributed by atoms with Crippen LogP contribution in [0.1, 0.15) is 23.0 Å². The molecule has 0 bridgehead atoms. The molecule has 1 aromatic heterocycles. The van der Waals surface area contributed by atoms with Crippen molar-refractivity contribution in [3.8, 4) is 0 Å². The van der Waals surface area contributed by atoms with Gasteiger partial charge >= 0.3 is 0 Å². The molecule has 0 fully saturated rings. The first-order valence-electron chi connectivity index (χ1n) is 8.15. The van der Waals surface area contributed by atoms with E-state index in [-0.39, 0.29) is 22.1 Å². The molecule has 4 nitrogen and oxygen atoms in total. The molecule has 0 spiro atoms. The lowest BCUT2D eigenvalue weighted by molar-refractivity contribution is -0.115. The summed E-state index contributed by atoms with van der Waals surface area (Å²) in [5.41, 5.74) is 0.0747. The van der Waals surface area contributed by atoms with Crippen LogP contribution in [0, 0.1) is 23.3 Å². The Morgan fingerprint density at radius 3 is 2.41 bits per heavy atom. The molecule has 29 heavy (non-hydrogen) atoms. The molecule has 0 radical (unpaired) electrons. The Hall–Kier alpha value is -3.33. The number of hydrogen-bond donors (Lipinski definition) is 0. The van der Waals surface area contributed by atoms with Gasteiger partial charge < -0.3 is 0 Å². The van der Waals surface area contributed by atoms with E-state index in [2.05, 4.69) is 4.98 Å². The van der Waals surface area contributed by atoms with Gasteiger partial charge in [0.2, 0.25) is 5.91 Å². The highest BCUT2D eigenvalue weighted by atomic mass is 32.1. The number of hydrogen-bond acceptors (Lipinski definition) is 4. The SMILES string of the molecule is CC(=O)N(c1nc(/C=C/C(=O)c2ccc(F)c(F)c2)cs1)c1ccc(F)cc1F. The van der Waals surface area contributed by atoms with Gasteiger partial charge in [0.05, 0.1) is 11.4 Å². The number of ketones is 1. The van der Waals surface area contributed by atoms with Crippen LogP contribution in [0.4, 0.5) is 28.4 Å². The van der Waals surface area contributed by atoms with E-state index in [4.69, 9.17) is 0 Å². The van der Waals surface area contributed by atoms with Crippen molar-refractivity contribution in [2.75, 3.05) is 4.90 Å². The van der Waals surface area contributed by atoms with Crippen LogP contribution in [-0.2, 0) is 4.79 Å². The van der Waals surface area contributed by atoms with Crippen molar-refractivity contribution in [2.45, 2.75) is 6.92 Å². The fourth-order valence-electron chi connectivity index (χ4n) is 2.43. The molecule has 1 amide bonds. The zero-order chi connectivity index (χ0) is 21.1. The second kappa shape index (κ2) is 8.36. The summed E-state index contributed by atoms with van der Waals surface area (Å²) in [4.78, 5) is 29.2. The van der Waals surface area contributed by atoms with E-state index in [1.807, 2.05) is 0 Å². The number of thiazole rings is 1. The summed E-state index contributed by atoms with van der Waals surface area (Å²) in [6, 6.07) is 5.56. The monoisotopic (exact) mass is 420 g/mol. The number of amides is 1. The second-order valence-corrected chi connectivity index (χ2v) is 6.67. The third kappa shape index (κ3) is 4.57. The maximum Gasteiger partial charge on any atom is 0.230 e. The van der Waals surface area contributed by atoms with Crippen LogP contribution in [0.5, 0.6) is 0 Å². The topological polar surface area (TPSA) is 50.3 Å². The number of carbonyl (C=O) groups excluding carboxylic acids is 2. The summed E-state index contributed by atoms with van der Waals surface area (Å²) in [5.74, 6) is -5.04. The zero-order valence-electron chi connectivity index (χ0n) is 14.8. The Balaban J connectivity index is 1.84. The molecule has 0 saturated heterocycles. The van der Waals surface area contributed by atoms with Gasteiger partial charge in [0.25, 0.3) is 0 Å². The van der Waals surface area contributed by atoms with Crippen molar-refractivity contribution in [2.24, 2.45) is 0 Å². The largest absolute Gasteiger partial charge is 0.289 e. The fraction of sp³-hybridized carbons (Fsp3) is 0.0500. The smallest absolute Gasteiger partial charge is 0.230 e. The Bertz CT molecular complexity index is 1130. The van der Waals surface area contributed by atoms with E-state index in [1.54, 1.807) is 0 Å². The number of rotatable bonds is 5. The summed E-state index contributed by atoms with van der Waals surface area (Å²) >= 11 is 1.01. The van der Waals surface area contributed by atoms with Crippen LogP contribution in [-0.4, -0.2) is 16.7 Å². The Morgan fingerprint density at radius 2 is 1.76 bits per heavy atom. The highest BCUT2D eigenvalue weighted by molar-refractivity contribution is 7.14. The summed E-state index contributed by atoms with van der Waals surface area (Å²) in [6.07, 6.45) is 2.44. The molecule has 1 heterocycles. The molecule has 0 aliphatic heterocycles. The van der Waals surface area contributed by atoms with Crippen molar-refractivity contribution in [1.29, 1.82) is 0 Å². The van der Waals surface area contributed by atoms with Gasteiger partial charge in [0, 0.05) is 23.9 Å². The van der Waals surface area contributed by atoms with E-state index in [0.29, 0.717) is 6.07 Å². The molecule has 0 N–H and O–H groups in total. The van der Waals surface area contributed by atoms with E-state index in [1.165, 1.54) is 18.4 Å². The fourth-order valence-corrected chi connectivity index (χ4v) is 3.28. The van der Waals surface area contributed by atoms with Crippen molar-refractivity contribution >= 4 is 39.9 Å². The summed E-state index contributed by atoms with van der Waals surface area (Å²) < 4.78 is 53.4. The normalized spacial score (nSPS) is 11.1. The average molecular weight is 420 g/mol. The number of carbonyl (C=O) groups is 2. The lowest BCUT2D eigenvalue weighted by Crippen LogP contribution is -2.23. The minimum Gasteiger partial charge on any atom is -0.289 e. The predicted octanol–water partition coefficient (Wildman–Crippen LogP) is 5.28. The molecule has 3 aromatic rings. The van der Waals surface area contributed by atoms with Crippen molar-refractivity contribution in [1.82, 2.24) is 4.98 Å². The summed E-state index contributed by atoms with van der Waals surface area (Å²) in [6.45, 7) is 1.20. The number of nitrogens with zero attached hydrogens (tertiary/aromatic N) is 2. The quantitative estimate of drug-likeness (QED) is 0.321. The maximum atomic E-state index is 14.1. The summed E-state index contributed by atoms with van der Waals surface area (Å²) in [5, 5.41) is 1.63. The number of anilines is 2. The average Bonchev–Trinajstić information content (AvgIpc) is 3.12. The molecule has 0 aliphatic rings. The lowest BCUT2D eigenvalue weighted by atomic mass is 10.1. The molecule has 0 atom stereocenters. The molecular weight excluding hydrogens is 408 g/mol. The number of allylic oxidation sites excluding steroid dienone is 1. The van der Waals surface area contributed by atoms with Crippen molar-refractivity contribution < 1.29 is 27.2 Å². The van der Waals surface area contributed by atoms with Gasteiger partial charge in [0.1, 0.15) is 11.6 Å². The highest BCUT2D eigenvalue weighted by Gasteiger charge is 2.21. The van der Waals surface area contributed by atoms with Crippen LogP contribution in [0.15, 0.2) is 47.9 Å². The van der Waals surface area contributed by atoms with Gasteiger partial charge in [-0.1, -0.05) is 0 Å². The van der Waals surface area contributed by atoms with Crippen LogP contribution in [0.3, 0.4) is 0 Å². The van der Waals surface area contributed by atoms with Crippen LogP contribution in [0.2, 0.25) is 0 Å². The lowest BCUT2D eigenvalue weighted by Gasteiger charge is -2.18. The van der Waals surface area contributed by atoms with Gasteiger partial charge in [-0.2, -0.15) is 0 Å². The molecule has 2 aromatic carbocycles. The van der Waals surface area contributed by atoms with Gasteiger partial charge in [0.15, 0.2) is 22.5 Å². The van der Waals surface area contributed by atoms with Gasteiger partial charge in [-0.15, -0.1) is 11.3 Å². The van der Waals surface area contributed by atoms with Crippen LogP contribution in [0.25, 0.3) is 6.08 Å². The number of halogens is 4. The Morgan fingerprint density at radius 1 is 1.00 bits per heavy atom. The minimum absolute atomic E-state index is 0.0469. The van der Waals surface area contributed by atoms with E-state index < -0.39 is 35.0 Å². The van der Waals surface area contributed by atoms with Gasteiger partial charge in [-0.3, -0.25) is 14.5 Å². The Kier molecular flexibility index (Phi) is 5.88. The van der Waals surface area contributed by atoms with Crippen LogP contribution < -0.4 is 4.90 Å². The van der Waals surface area contributed by atoms with E-state index >= 15 is 0 Å². The number of aromatic nitrogens is 1. The first kappa shape index (κ1) is 20.4. The third-order valence-electron chi connectivity index (χ3n) is 3.78. The maximum absolute atomic E-state index is 14.1. The van der Waals surface area contributed by atoms with Crippen molar-refractivity contribution in [3.63, 3.8) is 0 Å². The molecule has 0 unspecified atom stereocenters. The molecular formula is C20H12F4N2O2S. The first-order valence-corrected chi connectivity index (χ1v) is 9.03. The van der Waals surface area contributed by atoms with Crippen LogP contribution >= 0.6 is 11.3 Å². The highest BCUT2D eigenvalue weighted by Crippen LogP contribution is 2.31. The molecule has 3 rings (SSSR count). The Labute approximate surface area is 166 Å². The predicted molar refractivity (Wildman–Crippen MR) is 101 cm³/mol. The molecule has 0 aliphatic carbocycles. The standard InChI is InChI=1S/C20H12F4N2O2S/c1-11(27)26(18-6-3-13(21)9-17(18)24)20-25-14(10-29-20)4-7-19(28)12-2-5-15(22)16(23)8-12/h2-10H,1H3/b7-4+. The third-order valence-corrected chi connectivity index (χ3v) is 4.62. The molecule has 148 valence electrons. The number of benzene rings is 2. The molecule has 9 heteroatoms. The van der Waals surface area contributed by atoms with Gasteiger partial charge in [-0.25, -0.2) is 22.5 Å². The van der Waals surface area contributed by atoms with E-state index in [0.717, 1.165) is 52.6 Å². The summed E-state index contributed by atoms with van der Waals surface area (Å²) in [7, 11) is 0. The minimum atomic E-state index is -1.14. The van der Waals surface area contributed by atoms with E-state index in [9.17, 15) is 27.2 Å². The van der Waals surface area contributed by atoms with Crippen molar-refractivity contribution in [3.05, 3.63) is 82.4 Å².